The van der Waals surface area contributed by atoms with Gasteiger partial charge in [-0.25, -0.2) is 17.2 Å². The number of carbonyl (C=O) groups excluding carboxylic acids is 2. The van der Waals surface area contributed by atoms with Gasteiger partial charge in [0.1, 0.15) is 6.04 Å². The first-order valence-corrected chi connectivity index (χ1v) is 11.8. The largest absolute Gasteiger partial charge is 0.338 e. The van der Waals surface area contributed by atoms with Crippen molar-refractivity contribution in [2.45, 2.75) is 35.6 Å². The molecule has 2 atom stereocenters. The van der Waals surface area contributed by atoms with Gasteiger partial charge in [-0.2, -0.15) is 4.31 Å². The fourth-order valence-corrected chi connectivity index (χ4v) is 7.01. The van der Waals surface area contributed by atoms with Gasteiger partial charge in [0, 0.05) is 38.4 Å². The second kappa shape index (κ2) is 7.21. The minimum atomic E-state index is -3.98. The highest BCUT2D eigenvalue weighted by Gasteiger charge is 2.53. The lowest BCUT2D eigenvalue weighted by Crippen LogP contribution is -2.56. The van der Waals surface area contributed by atoms with Crippen LogP contribution in [0, 0.1) is 11.6 Å². The Bertz CT molecular complexity index is 966. The average molecular weight is 446 g/mol. The molecule has 158 valence electrons. The maximum absolute atomic E-state index is 13.4. The van der Waals surface area contributed by atoms with Crippen molar-refractivity contribution in [2.75, 3.05) is 31.9 Å². The molecule has 0 radical (unpaired) electrons. The van der Waals surface area contributed by atoms with Crippen molar-refractivity contribution >= 4 is 33.6 Å². The topological polar surface area (TPSA) is 78.0 Å². The molecule has 3 aliphatic rings. The number of hydrogen-bond donors (Lipinski definition) is 0. The Kier molecular flexibility index (Phi) is 5.11. The molecule has 3 saturated heterocycles. The Labute approximate surface area is 172 Å². The van der Waals surface area contributed by atoms with E-state index in [1.165, 1.54) is 0 Å². The van der Waals surface area contributed by atoms with Crippen LogP contribution in [0.4, 0.5) is 8.78 Å². The van der Waals surface area contributed by atoms with Crippen LogP contribution in [0.5, 0.6) is 0 Å². The van der Waals surface area contributed by atoms with Crippen LogP contribution in [0.25, 0.3) is 0 Å². The lowest BCUT2D eigenvalue weighted by molar-refractivity contribution is -0.144. The zero-order valence-electron chi connectivity index (χ0n) is 15.8. The van der Waals surface area contributed by atoms with E-state index in [2.05, 4.69) is 0 Å². The van der Waals surface area contributed by atoms with Gasteiger partial charge in [-0.1, -0.05) is 0 Å². The zero-order valence-corrected chi connectivity index (χ0v) is 17.4. The quantitative estimate of drug-likeness (QED) is 0.700. The summed E-state index contributed by atoms with van der Waals surface area (Å²) < 4.78 is 53.1. The highest BCUT2D eigenvalue weighted by molar-refractivity contribution is 8.01. The molecule has 0 aromatic heterocycles. The third-order valence-electron chi connectivity index (χ3n) is 5.81. The minimum absolute atomic E-state index is 0.0181. The number of sulfonamides is 1. The van der Waals surface area contributed by atoms with E-state index in [1.807, 2.05) is 6.92 Å². The fourth-order valence-electron chi connectivity index (χ4n) is 4.15. The van der Waals surface area contributed by atoms with Crippen molar-refractivity contribution in [3.63, 3.8) is 0 Å². The molecule has 3 heterocycles. The van der Waals surface area contributed by atoms with Gasteiger partial charge >= 0.3 is 0 Å². The number of rotatable bonds is 3. The Hall–Kier alpha value is -1.72. The van der Waals surface area contributed by atoms with Crippen LogP contribution in [0.15, 0.2) is 23.1 Å². The van der Waals surface area contributed by atoms with Crippen LogP contribution in [-0.2, 0) is 19.6 Å². The molecule has 0 saturated carbocycles. The van der Waals surface area contributed by atoms with Gasteiger partial charge in [0.2, 0.25) is 21.8 Å². The summed E-state index contributed by atoms with van der Waals surface area (Å²) in [4.78, 5) is 27.9. The molecule has 0 bridgehead atoms. The van der Waals surface area contributed by atoms with Gasteiger partial charge in [0.05, 0.1) is 9.77 Å². The number of hydrogen-bond acceptors (Lipinski definition) is 5. The first-order valence-electron chi connectivity index (χ1n) is 9.34. The lowest BCUT2D eigenvalue weighted by Gasteiger charge is -2.37. The standard InChI is InChI=1S/C18H21F2N3O4S2/c1-18-5-4-16(24)23(18)15(11-28-18)17(25)21-6-8-22(9-7-21)29(26,27)12-2-3-13(19)14(20)10-12/h2-3,10,15H,4-9,11H2,1H3/t15-,18-/m0/s1. The predicted molar refractivity (Wildman–Crippen MR) is 102 cm³/mol. The summed E-state index contributed by atoms with van der Waals surface area (Å²) in [5.41, 5.74) is 0. The summed E-state index contributed by atoms with van der Waals surface area (Å²) in [7, 11) is -3.98. The summed E-state index contributed by atoms with van der Waals surface area (Å²) in [6.07, 6.45) is 1.16. The van der Waals surface area contributed by atoms with Crippen LogP contribution in [0.1, 0.15) is 19.8 Å². The lowest BCUT2D eigenvalue weighted by atomic mass is 10.2. The number of piperazine rings is 1. The van der Waals surface area contributed by atoms with E-state index in [0.29, 0.717) is 18.2 Å². The third-order valence-corrected chi connectivity index (χ3v) is 9.21. The number of nitrogens with zero attached hydrogens (tertiary/aromatic N) is 3. The first kappa shape index (κ1) is 20.5. The number of thioether (sulfide) groups is 1. The Balaban J connectivity index is 1.43. The monoisotopic (exact) mass is 445 g/mol. The molecule has 11 heteroatoms. The summed E-state index contributed by atoms with van der Waals surface area (Å²) in [5.74, 6) is -1.99. The summed E-state index contributed by atoms with van der Waals surface area (Å²) in [5, 5.41) is 0. The molecule has 29 heavy (non-hydrogen) atoms. The molecule has 1 aromatic rings. The van der Waals surface area contributed by atoms with E-state index in [0.717, 1.165) is 22.9 Å². The number of halogens is 2. The SMILES string of the molecule is C[C@]12CCC(=O)N1[C@H](C(=O)N1CCN(S(=O)(=O)c3ccc(F)c(F)c3)CC1)CS2. The number of fused-ring (bicyclic) bond motifs is 1. The molecule has 0 aliphatic carbocycles. The molecular weight excluding hydrogens is 424 g/mol. The van der Waals surface area contributed by atoms with Crippen molar-refractivity contribution in [2.24, 2.45) is 0 Å². The highest BCUT2D eigenvalue weighted by atomic mass is 32.2. The molecular formula is C18H21F2N3O4S2. The number of carbonyl (C=O) groups is 2. The van der Waals surface area contributed by atoms with E-state index < -0.39 is 27.7 Å². The van der Waals surface area contributed by atoms with E-state index in [1.54, 1.807) is 21.6 Å². The molecule has 2 amide bonds. The highest BCUT2D eigenvalue weighted by Crippen LogP contribution is 2.47. The molecule has 7 nitrogen and oxygen atoms in total. The van der Waals surface area contributed by atoms with Crippen molar-refractivity contribution in [1.82, 2.24) is 14.1 Å². The van der Waals surface area contributed by atoms with Gasteiger partial charge in [0.15, 0.2) is 11.6 Å². The van der Waals surface area contributed by atoms with Crippen molar-refractivity contribution in [3.8, 4) is 0 Å². The van der Waals surface area contributed by atoms with Gasteiger partial charge in [-0.15, -0.1) is 11.8 Å². The predicted octanol–water partition coefficient (Wildman–Crippen LogP) is 1.25. The fraction of sp³-hybridized carbons (Fsp3) is 0.556. The molecule has 3 fully saturated rings. The molecule has 1 aromatic carbocycles. The van der Waals surface area contributed by atoms with Crippen molar-refractivity contribution in [1.29, 1.82) is 0 Å². The Morgan fingerprint density at radius 3 is 2.52 bits per heavy atom. The first-order chi connectivity index (χ1) is 13.6. The van der Waals surface area contributed by atoms with E-state index in [9.17, 15) is 26.8 Å². The summed E-state index contributed by atoms with van der Waals surface area (Å²) >= 11 is 1.61. The molecule has 4 rings (SSSR count). The van der Waals surface area contributed by atoms with E-state index in [4.69, 9.17) is 0 Å². The van der Waals surface area contributed by atoms with Crippen molar-refractivity contribution < 1.29 is 26.8 Å². The molecule has 3 aliphatic heterocycles. The van der Waals surface area contributed by atoms with E-state index in [-0.39, 0.29) is 47.8 Å². The average Bonchev–Trinajstić information content (AvgIpc) is 3.19. The third kappa shape index (κ3) is 3.42. The van der Waals surface area contributed by atoms with Gasteiger partial charge < -0.3 is 9.80 Å². The second-order valence-corrected chi connectivity index (χ2v) is 11.0. The summed E-state index contributed by atoms with van der Waals surface area (Å²) in [6.45, 7) is 2.45. The minimum Gasteiger partial charge on any atom is -0.338 e. The van der Waals surface area contributed by atoms with Gasteiger partial charge in [-0.05, 0) is 31.5 Å². The number of benzene rings is 1. The molecule has 0 spiro atoms. The Morgan fingerprint density at radius 2 is 1.86 bits per heavy atom. The zero-order chi connectivity index (χ0) is 21.0. The van der Waals surface area contributed by atoms with Crippen molar-refractivity contribution in [3.05, 3.63) is 29.8 Å². The normalized spacial score (nSPS) is 28.1. The van der Waals surface area contributed by atoms with Crippen LogP contribution in [0.2, 0.25) is 0 Å². The number of amides is 2. The smallest absolute Gasteiger partial charge is 0.246 e. The summed E-state index contributed by atoms with van der Waals surface area (Å²) in [6, 6.07) is 1.96. The molecule has 0 N–H and O–H groups in total. The van der Waals surface area contributed by atoms with Gasteiger partial charge in [0.25, 0.3) is 0 Å². The molecule has 0 unspecified atom stereocenters. The maximum Gasteiger partial charge on any atom is 0.246 e. The van der Waals surface area contributed by atoms with Crippen LogP contribution < -0.4 is 0 Å². The van der Waals surface area contributed by atoms with Gasteiger partial charge in [-0.3, -0.25) is 9.59 Å². The maximum atomic E-state index is 13.4. The van der Waals surface area contributed by atoms with Crippen LogP contribution in [0.3, 0.4) is 0 Å². The Morgan fingerprint density at radius 1 is 1.17 bits per heavy atom. The van der Waals surface area contributed by atoms with Crippen LogP contribution in [-0.4, -0.2) is 77.2 Å². The van der Waals surface area contributed by atoms with E-state index >= 15 is 0 Å². The van der Waals surface area contributed by atoms with Crippen LogP contribution >= 0.6 is 11.8 Å². The second-order valence-electron chi connectivity index (χ2n) is 7.57.